The van der Waals surface area contributed by atoms with E-state index in [0.29, 0.717) is 12.1 Å². The molecule has 5 heteroatoms. The van der Waals surface area contributed by atoms with E-state index in [-0.39, 0.29) is 0 Å². The predicted octanol–water partition coefficient (Wildman–Crippen LogP) is 2.47. The number of hydrogen-bond acceptors (Lipinski definition) is 5. The molecule has 1 heterocycles. The van der Waals surface area contributed by atoms with Gasteiger partial charge in [-0.2, -0.15) is 0 Å². The van der Waals surface area contributed by atoms with E-state index < -0.39 is 0 Å². The van der Waals surface area contributed by atoms with Crippen LogP contribution < -0.4 is 15.8 Å². The molecule has 2 aliphatic rings. The quantitative estimate of drug-likeness (QED) is 0.497. The van der Waals surface area contributed by atoms with Gasteiger partial charge in [0.25, 0.3) is 0 Å². The molecule has 0 radical (unpaired) electrons. The Morgan fingerprint density at radius 3 is 3.10 bits per heavy atom. The molecular formula is C15H21N3OS. The van der Waals surface area contributed by atoms with Gasteiger partial charge in [-0.1, -0.05) is 6.42 Å². The highest BCUT2D eigenvalue weighted by molar-refractivity contribution is 7.99. The number of ether oxygens (including phenoxy) is 1. The number of benzene rings is 1. The smallest absolute Gasteiger partial charge is 0.124 e. The SMILES string of the molecule is C=Nc1c(SCNC2CCCC2N)ccc2c1CCO2. The van der Waals surface area contributed by atoms with Gasteiger partial charge in [0.05, 0.1) is 12.3 Å². The van der Waals surface area contributed by atoms with E-state index in [0.717, 1.165) is 36.8 Å². The van der Waals surface area contributed by atoms with Gasteiger partial charge in [-0.05, 0) is 31.7 Å². The van der Waals surface area contributed by atoms with Crippen molar-refractivity contribution in [1.29, 1.82) is 0 Å². The average molecular weight is 291 g/mol. The number of hydrogen-bond donors (Lipinski definition) is 2. The second-order valence-electron chi connectivity index (χ2n) is 5.34. The van der Waals surface area contributed by atoms with Crippen molar-refractivity contribution in [2.45, 2.75) is 42.7 Å². The van der Waals surface area contributed by atoms with Crippen LogP contribution in [0.3, 0.4) is 0 Å². The summed E-state index contributed by atoms with van der Waals surface area (Å²) >= 11 is 1.77. The molecule has 0 amide bonds. The molecule has 0 saturated heterocycles. The molecule has 2 atom stereocenters. The fraction of sp³-hybridized carbons (Fsp3) is 0.533. The van der Waals surface area contributed by atoms with Crippen molar-refractivity contribution in [3.05, 3.63) is 17.7 Å². The zero-order chi connectivity index (χ0) is 13.9. The number of aliphatic imine (C=N–C) groups is 1. The number of nitrogens with one attached hydrogen (secondary N) is 1. The van der Waals surface area contributed by atoms with Crippen LogP contribution in [0.5, 0.6) is 5.75 Å². The summed E-state index contributed by atoms with van der Waals surface area (Å²) < 4.78 is 5.57. The second-order valence-corrected chi connectivity index (χ2v) is 6.36. The lowest BCUT2D eigenvalue weighted by atomic mass is 10.1. The molecule has 3 rings (SSSR count). The summed E-state index contributed by atoms with van der Waals surface area (Å²) in [7, 11) is 0. The summed E-state index contributed by atoms with van der Waals surface area (Å²) in [5.41, 5.74) is 8.26. The largest absolute Gasteiger partial charge is 0.493 e. The van der Waals surface area contributed by atoms with Crippen molar-refractivity contribution in [2.24, 2.45) is 10.7 Å². The molecule has 1 saturated carbocycles. The first-order chi connectivity index (χ1) is 9.79. The highest BCUT2D eigenvalue weighted by Crippen LogP contribution is 2.40. The third kappa shape index (κ3) is 2.71. The molecule has 1 aliphatic carbocycles. The van der Waals surface area contributed by atoms with E-state index >= 15 is 0 Å². The summed E-state index contributed by atoms with van der Waals surface area (Å²) in [4.78, 5) is 5.37. The topological polar surface area (TPSA) is 59.6 Å². The Labute approximate surface area is 124 Å². The van der Waals surface area contributed by atoms with Gasteiger partial charge < -0.3 is 15.8 Å². The van der Waals surface area contributed by atoms with Gasteiger partial charge >= 0.3 is 0 Å². The molecule has 4 nitrogen and oxygen atoms in total. The Balaban J connectivity index is 1.64. The molecule has 2 unspecified atom stereocenters. The standard InChI is InChI=1S/C15H21N3OS/c1-17-15-10-7-8-19-13(10)5-6-14(15)20-9-18-12-4-2-3-11(12)16/h5-6,11-12,18H,1-4,7-9,16H2. The lowest BCUT2D eigenvalue weighted by molar-refractivity contribution is 0.357. The molecule has 0 aromatic heterocycles. The zero-order valence-corrected chi connectivity index (χ0v) is 12.4. The third-order valence-corrected chi connectivity index (χ3v) is 5.06. The Morgan fingerprint density at radius 2 is 2.35 bits per heavy atom. The van der Waals surface area contributed by atoms with Crippen molar-refractivity contribution >= 4 is 24.2 Å². The normalized spacial score (nSPS) is 24.4. The fourth-order valence-corrected chi connectivity index (χ4v) is 3.94. The number of nitrogens with zero attached hydrogens (tertiary/aromatic N) is 1. The lowest BCUT2D eigenvalue weighted by Gasteiger charge is -2.17. The number of nitrogens with two attached hydrogens (primary N) is 1. The first-order valence-electron chi connectivity index (χ1n) is 7.17. The summed E-state index contributed by atoms with van der Waals surface area (Å²) in [6, 6.07) is 4.89. The van der Waals surface area contributed by atoms with Crippen LogP contribution >= 0.6 is 11.8 Å². The summed E-state index contributed by atoms with van der Waals surface area (Å²) in [5, 5.41) is 3.54. The molecule has 0 spiro atoms. The minimum atomic E-state index is 0.307. The monoisotopic (exact) mass is 291 g/mol. The maximum absolute atomic E-state index is 6.07. The van der Waals surface area contributed by atoms with Crippen molar-refractivity contribution < 1.29 is 4.74 Å². The van der Waals surface area contributed by atoms with Crippen LogP contribution in [-0.4, -0.2) is 31.3 Å². The summed E-state index contributed by atoms with van der Waals surface area (Å²) in [6.07, 6.45) is 4.49. The Hall–Kier alpha value is -1.04. The van der Waals surface area contributed by atoms with Crippen LogP contribution in [0.4, 0.5) is 5.69 Å². The van der Waals surface area contributed by atoms with E-state index in [1.54, 1.807) is 11.8 Å². The van der Waals surface area contributed by atoms with Gasteiger partial charge in [0.15, 0.2) is 0 Å². The molecule has 108 valence electrons. The van der Waals surface area contributed by atoms with Crippen LogP contribution in [0.15, 0.2) is 22.0 Å². The van der Waals surface area contributed by atoms with Crippen molar-refractivity contribution in [2.75, 3.05) is 12.5 Å². The molecule has 0 bridgehead atoms. The van der Waals surface area contributed by atoms with Gasteiger partial charge in [-0.3, -0.25) is 4.99 Å². The number of rotatable bonds is 5. The Morgan fingerprint density at radius 1 is 1.45 bits per heavy atom. The summed E-state index contributed by atoms with van der Waals surface area (Å²) in [6.45, 7) is 4.46. The molecular weight excluding hydrogens is 270 g/mol. The molecule has 1 aromatic rings. The molecule has 3 N–H and O–H groups in total. The molecule has 1 fully saturated rings. The predicted molar refractivity (Wildman–Crippen MR) is 84.3 cm³/mol. The fourth-order valence-electron chi connectivity index (χ4n) is 2.99. The maximum Gasteiger partial charge on any atom is 0.124 e. The Kier molecular flexibility index (Phi) is 4.29. The summed E-state index contributed by atoms with van der Waals surface area (Å²) in [5.74, 6) is 1.82. The lowest BCUT2D eigenvalue weighted by Crippen LogP contribution is -2.40. The Bertz CT molecular complexity index is 506. The second kappa shape index (κ2) is 6.16. The van der Waals surface area contributed by atoms with Crippen molar-refractivity contribution in [3.63, 3.8) is 0 Å². The highest BCUT2D eigenvalue weighted by atomic mass is 32.2. The zero-order valence-electron chi connectivity index (χ0n) is 11.6. The van der Waals surface area contributed by atoms with Gasteiger partial charge in [-0.15, -0.1) is 11.8 Å². The first-order valence-corrected chi connectivity index (χ1v) is 8.15. The first kappa shape index (κ1) is 13.9. The minimum absolute atomic E-state index is 0.307. The number of fused-ring (bicyclic) bond motifs is 1. The van der Waals surface area contributed by atoms with E-state index in [1.165, 1.54) is 23.3 Å². The molecule has 20 heavy (non-hydrogen) atoms. The van der Waals surface area contributed by atoms with Crippen LogP contribution in [0.25, 0.3) is 0 Å². The van der Waals surface area contributed by atoms with Crippen LogP contribution in [0.1, 0.15) is 24.8 Å². The van der Waals surface area contributed by atoms with Gasteiger partial charge in [0.2, 0.25) is 0 Å². The van der Waals surface area contributed by atoms with Crippen LogP contribution in [0.2, 0.25) is 0 Å². The van der Waals surface area contributed by atoms with E-state index in [2.05, 4.69) is 23.1 Å². The average Bonchev–Trinajstić information content (AvgIpc) is 3.07. The van der Waals surface area contributed by atoms with E-state index in [1.807, 2.05) is 6.07 Å². The molecule has 1 aromatic carbocycles. The van der Waals surface area contributed by atoms with Gasteiger partial charge in [0.1, 0.15) is 5.75 Å². The van der Waals surface area contributed by atoms with Crippen molar-refractivity contribution in [3.8, 4) is 5.75 Å². The molecule has 1 aliphatic heterocycles. The minimum Gasteiger partial charge on any atom is -0.493 e. The van der Waals surface area contributed by atoms with Crippen LogP contribution in [-0.2, 0) is 6.42 Å². The van der Waals surface area contributed by atoms with E-state index in [9.17, 15) is 0 Å². The van der Waals surface area contributed by atoms with Crippen molar-refractivity contribution in [1.82, 2.24) is 5.32 Å². The van der Waals surface area contributed by atoms with Gasteiger partial charge in [-0.25, -0.2) is 0 Å². The third-order valence-electron chi connectivity index (χ3n) is 4.11. The van der Waals surface area contributed by atoms with Crippen LogP contribution in [0, 0.1) is 0 Å². The van der Waals surface area contributed by atoms with E-state index in [4.69, 9.17) is 10.5 Å². The number of thioether (sulfide) groups is 1. The maximum atomic E-state index is 6.07. The highest BCUT2D eigenvalue weighted by Gasteiger charge is 2.23. The van der Waals surface area contributed by atoms with Gasteiger partial charge in [0, 0.05) is 34.8 Å².